The fourth-order valence-electron chi connectivity index (χ4n) is 2.32. The van der Waals surface area contributed by atoms with Crippen molar-refractivity contribution in [2.24, 2.45) is 0 Å². The van der Waals surface area contributed by atoms with Crippen LogP contribution in [0.15, 0.2) is 48.8 Å². The maximum absolute atomic E-state index is 4.59. The highest BCUT2D eigenvalue weighted by molar-refractivity contribution is 5.84. The van der Waals surface area contributed by atoms with Gasteiger partial charge >= 0.3 is 0 Å². The van der Waals surface area contributed by atoms with E-state index in [1.807, 2.05) is 30.5 Å². The van der Waals surface area contributed by atoms with Gasteiger partial charge in [0.05, 0.1) is 12.2 Å². The molecule has 0 radical (unpaired) electrons. The number of benzene rings is 1. The molecule has 0 spiro atoms. The summed E-state index contributed by atoms with van der Waals surface area (Å²) in [7, 11) is 0. The Kier molecular flexibility index (Phi) is 3.75. The summed E-state index contributed by atoms with van der Waals surface area (Å²) in [6.45, 7) is 6.97. The fraction of sp³-hybridized carbons (Fsp3) is 0.278. The standard InChI is InChI=1S/C18H20N4/c1-18(2,3)17-20-11-9-16(22-17)21-12-15-14-7-5-4-6-13(14)8-10-19-15/h4-11H,12H2,1-3H3,(H,20,21,22). The van der Waals surface area contributed by atoms with E-state index >= 15 is 0 Å². The molecule has 112 valence electrons. The van der Waals surface area contributed by atoms with Crippen molar-refractivity contribution in [1.29, 1.82) is 0 Å². The Morgan fingerprint density at radius 1 is 0.955 bits per heavy atom. The number of hydrogen-bond donors (Lipinski definition) is 1. The lowest BCUT2D eigenvalue weighted by molar-refractivity contribution is 0.546. The van der Waals surface area contributed by atoms with Gasteiger partial charge in [0.2, 0.25) is 0 Å². The van der Waals surface area contributed by atoms with Gasteiger partial charge in [0, 0.05) is 23.2 Å². The summed E-state index contributed by atoms with van der Waals surface area (Å²) in [4.78, 5) is 13.4. The molecule has 2 heterocycles. The van der Waals surface area contributed by atoms with E-state index in [-0.39, 0.29) is 5.41 Å². The van der Waals surface area contributed by atoms with Crippen LogP contribution < -0.4 is 5.32 Å². The molecule has 0 saturated carbocycles. The summed E-state index contributed by atoms with van der Waals surface area (Å²) in [5.74, 6) is 1.66. The molecule has 4 nitrogen and oxygen atoms in total. The van der Waals surface area contributed by atoms with Crippen LogP contribution in [-0.2, 0) is 12.0 Å². The fourth-order valence-corrected chi connectivity index (χ4v) is 2.32. The Hall–Kier alpha value is -2.49. The molecule has 2 aromatic heterocycles. The van der Waals surface area contributed by atoms with E-state index in [2.05, 4.69) is 53.2 Å². The molecule has 0 bridgehead atoms. The summed E-state index contributed by atoms with van der Waals surface area (Å²) in [5, 5.41) is 5.72. The molecular weight excluding hydrogens is 272 g/mol. The first-order chi connectivity index (χ1) is 10.5. The van der Waals surface area contributed by atoms with Crippen molar-refractivity contribution in [2.75, 3.05) is 5.32 Å². The topological polar surface area (TPSA) is 50.7 Å². The second-order valence-electron chi connectivity index (χ2n) is 6.35. The lowest BCUT2D eigenvalue weighted by Crippen LogP contribution is -2.17. The van der Waals surface area contributed by atoms with Crippen LogP contribution in [0.5, 0.6) is 0 Å². The van der Waals surface area contributed by atoms with Gasteiger partial charge in [-0.3, -0.25) is 4.98 Å². The minimum Gasteiger partial charge on any atom is -0.364 e. The number of hydrogen-bond acceptors (Lipinski definition) is 4. The molecule has 0 fully saturated rings. The Labute approximate surface area is 130 Å². The van der Waals surface area contributed by atoms with Gasteiger partial charge in [-0.1, -0.05) is 45.0 Å². The first-order valence-corrected chi connectivity index (χ1v) is 7.44. The molecule has 4 heteroatoms. The molecule has 0 aliphatic rings. The lowest BCUT2D eigenvalue weighted by Gasteiger charge is -2.17. The molecule has 1 aromatic carbocycles. The van der Waals surface area contributed by atoms with Crippen LogP contribution in [0.4, 0.5) is 5.82 Å². The third-order valence-electron chi connectivity index (χ3n) is 3.52. The Balaban J connectivity index is 1.83. The van der Waals surface area contributed by atoms with Crippen LogP contribution in [0.25, 0.3) is 10.8 Å². The Bertz CT molecular complexity index is 785. The highest BCUT2D eigenvalue weighted by atomic mass is 15.0. The minimum atomic E-state index is -0.0601. The first-order valence-electron chi connectivity index (χ1n) is 7.44. The largest absolute Gasteiger partial charge is 0.364 e. The normalized spacial score (nSPS) is 11.6. The van der Waals surface area contributed by atoms with E-state index in [0.29, 0.717) is 6.54 Å². The zero-order valence-corrected chi connectivity index (χ0v) is 13.2. The van der Waals surface area contributed by atoms with Crippen LogP contribution in [-0.4, -0.2) is 15.0 Å². The van der Waals surface area contributed by atoms with Gasteiger partial charge in [-0.2, -0.15) is 0 Å². The van der Waals surface area contributed by atoms with Crippen molar-refractivity contribution >= 4 is 16.6 Å². The molecular formula is C18H20N4. The van der Waals surface area contributed by atoms with Gasteiger partial charge in [-0.15, -0.1) is 0 Å². The van der Waals surface area contributed by atoms with E-state index in [4.69, 9.17) is 0 Å². The van der Waals surface area contributed by atoms with Crippen molar-refractivity contribution in [3.05, 3.63) is 60.3 Å². The second kappa shape index (κ2) is 5.72. The van der Waals surface area contributed by atoms with Crippen molar-refractivity contribution in [1.82, 2.24) is 15.0 Å². The van der Waals surface area contributed by atoms with Crippen LogP contribution in [0.1, 0.15) is 32.3 Å². The number of pyridine rings is 1. The van der Waals surface area contributed by atoms with Crippen LogP contribution in [0.3, 0.4) is 0 Å². The third kappa shape index (κ3) is 3.06. The second-order valence-corrected chi connectivity index (χ2v) is 6.35. The average Bonchev–Trinajstić information content (AvgIpc) is 2.52. The van der Waals surface area contributed by atoms with Gasteiger partial charge in [-0.05, 0) is 17.5 Å². The summed E-state index contributed by atoms with van der Waals surface area (Å²) < 4.78 is 0. The summed E-state index contributed by atoms with van der Waals surface area (Å²) >= 11 is 0. The number of fused-ring (bicyclic) bond motifs is 1. The predicted molar refractivity (Wildman–Crippen MR) is 89.8 cm³/mol. The lowest BCUT2D eigenvalue weighted by atomic mass is 9.96. The minimum absolute atomic E-state index is 0.0601. The van der Waals surface area contributed by atoms with Gasteiger partial charge < -0.3 is 5.32 Å². The highest BCUT2D eigenvalue weighted by Gasteiger charge is 2.17. The monoisotopic (exact) mass is 292 g/mol. The van der Waals surface area contributed by atoms with Gasteiger partial charge in [0.1, 0.15) is 11.6 Å². The molecule has 3 aromatic rings. The first kappa shape index (κ1) is 14.4. The molecule has 22 heavy (non-hydrogen) atoms. The summed E-state index contributed by atoms with van der Waals surface area (Å²) in [6, 6.07) is 12.2. The molecule has 0 unspecified atom stereocenters. The van der Waals surface area contributed by atoms with Crippen molar-refractivity contribution in [3.8, 4) is 0 Å². The number of nitrogens with one attached hydrogen (secondary N) is 1. The zero-order valence-electron chi connectivity index (χ0n) is 13.2. The van der Waals surface area contributed by atoms with Gasteiger partial charge in [0.25, 0.3) is 0 Å². The SMILES string of the molecule is CC(C)(C)c1nccc(NCc2nccc3ccccc23)n1. The highest BCUT2D eigenvalue weighted by Crippen LogP contribution is 2.20. The van der Waals surface area contributed by atoms with E-state index in [9.17, 15) is 0 Å². The van der Waals surface area contributed by atoms with Crippen molar-refractivity contribution in [2.45, 2.75) is 32.7 Å². The summed E-state index contributed by atoms with van der Waals surface area (Å²) in [5.41, 5.74) is 0.962. The Morgan fingerprint density at radius 3 is 2.55 bits per heavy atom. The average molecular weight is 292 g/mol. The Morgan fingerprint density at radius 2 is 1.73 bits per heavy atom. The van der Waals surface area contributed by atoms with Crippen LogP contribution in [0, 0.1) is 0 Å². The van der Waals surface area contributed by atoms with Gasteiger partial charge in [0.15, 0.2) is 0 Å². The molecule has 0 amide bonds. The molecule has 3 rings (SSSR count). The molecule has 0 atom stereocenters. The van der Waals surface area contributed by atoms with Gasteiger partial charge in [-0.25, -0.2) is 9.97 Å². The summed E-state index contributed by atoms with van der Waals surface area (Å²) in [6.07, 6.45) is 3.65. The third-order valence-corrected chi connectivity index (χ3v) is 3.52. The van der Waals surface area contributed by atoms with Crippen LogP contribution >= 0.6 is 0 Å². The maximum Gasteiger partial charge on any atom is 0.135 e. The van der Waals surface area contributed by atoms with E-state index in [0.717, 1.165) is 17.3 Å². The van der Waals surface area contributed by atoms with E-state index < -0.39 is 0 Å². The van der Waals surface area contributed by atoms with E-state index in [1.165, 1.54) is 10.8 Å². The molecule has 1 N–H and O–H groups in total. The van der Waals surface area contributed by atoms with Crippen LogP contribution in [0.2, 0.25) is 0 Å². The van der Waals surface area contributed by atoms with E-state index in [1.54, 1.807) is 6.20 Å². The maximum atomic E-state index is 4.59. The molecule has 0 aliphatic heterocycles. The molecule has 0 saturated heterocycles. The number of anilines is 1. The zero-order chi connectivity index (χ0) is 15.6. The van der Waals surface area contributed by atoms with Crippen molar-refractivity contribution in [3.63, 3.8) is 0 Å². The number of nitrogens with zero attached hydrogens (tertiary/aromatic N) is 3. The quantitative estimate of drug-likeness (QED) is 0.794. The smallest absolute Gasteiger partial charge is 0.135 e. The molecule has 0 aliphatic carbocycles. The number of aromatic nitrogens is 3. The predicted octanol–water partition coefficient (Wildman–Crippen LogP) is 3.93. The number of rotatable bonds is 3. The van der Waals surface area contributed by atoms with Crippen molar-refractivity contribution < 1.29 is 0 Å².